The molecule has 1 aromatic carbocycles. The van der Waals surface area contributed by atoms with Gasteiger partial charge >= 0.3 is 0 Å². The molecule has 98 valence electrons. The number of hydrogen-bond acceptors (Lipinski definition) is 3. The largest absolute Gasteiger partial charge is 0.508 e. The van der Waals surface area contributed by atoms with Crippen molar-refractivity contribution in [1.82, 2.24) is 4.90 Å². The van der Waals surface area contributed by atoms with Crippen molar-refractivity contribution in [2.24, 2.45) is 5.92 Å². The zero-order valence-electron chi connectivity index (χ0n) is 11.7. The Morgan fingerprint density at radius 2 is 1.94 bits per heavy atom. The van der Waals surface area contributed by atoms with Crippen LogP contribution in [-0.2, 0) is 6.54 Å². The molecular formula is C15H22N2O. The molecule has 0 aliphatic heterocycles. The van der Waals surface area contributed by atoms with Crippen molar-refractivity contribution in [3.05, 3.63) is 28.8 Å². The van der Waals surface area contributed by atoms with Gasteiger partial charge in [-0.2, -0.15) is 5.26 Å². The number of phenols is 1. The molecule has 0 aliphatic carbocycles. The fourth-order valence-corrected chi connectivity index (χ4v) is 1.96. The predicted molar refractivity (Wildman–Crippen MR) is 73.3 cm³/mol. The van der Waals surface area contributed by atoms with Gasteiger partial charge in [0.05, 0.1) is 12.0 Å². The monoisotopic (exact) mass is 246 g/mol. The minimum Gasteiger partial charge on any atom is -0.508 e. The molecule has 0 spiro atoms. The standard InChI is InChI=1S/C15H22N2O/c1-5-17(9-11(2)8-16)10-14-6-12(3)13(4)7-15(14)18/h6-7,11,18H,5,9-10H2,1-4H3. The molecule has 0 bridgehead atoms. The molecule has 0 fully saturated rings. The lowest BCUT2D eigenvalue weighted by molar-refractivity contribution is 0.257. The van der Waals surface area contributed by atoms with Crippen LogP contribution in [0.2, 0.25) is 0 Å². The van der Waals surface area contributed by atoms with Gasteiger partial charge in [0, 0.05) is 18.7 Å². The van der Waals surface area contributed by atoms with Crippen LogP contribution in [0.15, 0.2) is 12.1 Å². The lowest BCUT2D eigenvalue weighted by Crippen LogP contribution is -2.27. The summed E-state index contributed by atoms with van der Waals surface area (Å²) in [6.07, 6.45) is 0. The molecule has 1 unspecified atom stereocenters. The average Bonchev–Trinajstić information content (AvgIpc) is 2.34. The van der Waals surface area contributed by atoms with Gasteiger partial charge in [-0.1, -0.05) is 13.0 Å². The van der Waals surface area contributed by atoms with E-state index < -0.39 is 0 Å². The van der Waals surface area contributed by atoms with E-state index in [0.29, 0.717) is 12.3 Å². The number of nitrogens with zero attached hydrogens (tertiary/aromatic N) is 2. The Bertz CT molecular complexity index is 449. The van der Waals surface area contributed by atoms with E-state index in [9.17, 15) is 5.11 Å². The van der Waals surface area contributed by atoms with Crippen LogP contribution in [0.1, 0.15) is 30.5 Å². The molecule has 0 saturated heterocycles. The molecule has 0 radical (unpaired) electrons. The summed E-state index contributed by atoms with van der Waals surface area (Å²) in [6.45, 7) is 10.3. The van der Waals surface area contributed by atoms with Crippen LogP contribution in [0.25, 0.3) is 0 Å². The zero-order valence-corrected chi connectivity index (χ0v) is 11.7. The minimum absolute atomic E-state index is 0.0126. The Morgan fingerprint density at radius 1 is 1.33 bits per heavy atom. The SMILES string of the molecule is CCN(Cc1cc(C)c(C)cc1O)CC(C)C#N. The van der Waals surface area contributed by atoms with E-state index in [1.807, 2.05) is 32.9 Å². The molecule has 1 rings (SSSR count). The second-order valence-electron chi connectivity index (χ2n) is 4.92. The first kappa shape index (κ1) is 14.5. The van der Waals surface area contributed by atoms with Crippen LogP contribution < -0.4 is 0 Å². The number of aromatic hydroxyl groups is 1. The predicted octanol–water partition coefficient (Wildman–Crippen LogP) is 2.99. The molecular weight excluding hydrogens is 224 g/mol. The first-order valence-corrected chi connectivity index (χ1v) is 6.39. The van der Waals surface area contributed by atoms with E-state index in [1.165, 1.54) is 5.56 Å². The Hall–Kier alpha value is -1.53. The highest BCUT2D eigenvalue weighted by atomic mass is 16.3. The van der Waals surface area contributed by atoms with Crippen LogP contribution in [0, 0.1) is 31.1 Å². The molecule has 0 aromatic heterocycles. The molecule has 1 aromatic rings. The number of benzene rings is 1. The third kappa shape index (κ3) is 3.75. The van der Waals surface area contributed by atoms with E-state index >= 15 is 0 Å². The highest BCUT2D eigenvalue weighted by Gasteiger charge is 2.11. The third-order valence-electron chi connectivity index (χ3n) is 3.29. The van der Waals surface area contributed by atoms with Crippen LogP contribution >= 0.6 is 0 Å². The molecule has 0 saturated carbocycles. The summed E-state index contributed by atoms with van der Waals surface area (Å²) in [5.74, 6) is 0.361. The summed E-state index contributed by atoms with van der Waals surface area (Å²) in [5.41, 5.74) is 3.22. The van der Waals surface area contributed by atoms with Gasteiger partial charge in [-0.25, -0.2) is 0 Å². The molecule has 3 nitrogen and oxygen atoms in total. The topological polar surface area (TPSA) is 47.3 Å². The maximum Gasteiger partial charge on any atom is 0.120 e. The van der Waals surface area contributed by atoms with Crippen molar-refractivity contribution < 1.29 is 5.11 Å². The van der Waals surface area contributed by atoms with Crippen molar-refractivity contribution >= 4 is 0 Å². The Balaban J connectivity index is 2.82. The fraction of sp³-hybridized carbons (Fsp3) is 0.533. The summed E-state index contributed by atoms with van der Waals surface area (Å²) in [4.78, 5) is 2.18. The van der Waals surface area contributed by atoms with E-state index in [2.05, 4.69) is 17.9 Å². The van der Waals surface area contributed by atoms with Gasteiger partial charge in [0.25, 0.3) is 0 Å². The lowest BCUT2D eigenvalue weighted by atomic mass is 10.0. The van der Waals surface area contributed by atoms with Crippen molar-refractivity contribution in [3.8, 4) is 11.8 Å². The third-order valence-corrected chi connectivity index (χ3v) is 3.29. The smallest absolute Gasteiger partial charge is 0.120 e. The van der Waals surface area contributed by atoms with E-state index in [-0.39, 0.29) is 5.92 Å². The maximum atomic E-state index is 9.96. The van der Waals surface area contributed by atoms with Gasteiger partial charge in [0.1, 0.15) is 5.75 Å². The average molecular weight is 246 g/mol. The number of nitriles is 1. The first-order chi connectivity index (χ1) is 8.47. The van der Waals surface area contributed by atoms with Crippen LogP contribution in [0.3, 0.4) is 0 Å². The van der Waals surface area contributed by atoms with Gasteiger partial charge in [-0.05, 0) is 44.5 Å². The summed E-state index contributed by atoms with van der Waals surface area (Å²) >= 11 is 0. The maximum absolute atomic E-state index is 9.96. The van der Waals surface area contributed by atoms with E-state index in [4.69, 9.17) is 5.26 Å². The molecule has 1 N–H and O–H groups in total. The Labute approximate surface area is 110 Å². The summed E-state index contributed by atoms with van der Waals surface area (Å²) < 4.78 is 0. The lowest BCUT2D eigenvalue weighted by Gasteiger charge is -2.22. The van der Waals surface area contributed by atoms with Gasteiger partial charge < -0.3 is 5.11 Å². The van der Waals surface area contributed by atoms with Crippen molar-refractivity contribution in [1.29, 1.82) is 5.26 Å². The number of hydrogen-bond donors (Lipinski definition) is 1. The normalized spacial score (nSPS) is 12.4. The molecule has 1 atom stereocenters. The van der Waals surface area contributed by atoms with Crippen LogP contribution in [0.5, 0.6) is 5.75 Å². The zero-order chi connectivity index (χ0) is 13.7. The van der Waals surface area contributed by atoms with E-state index in [0.717, 1.165) is 24.2 Å². The van der Waals surface area contributed by atoms with Crippen LogP contribution in [-0.4, -0.2) is 23.1 Å². The summed E-state index contributed by atoms with van der Waals surface area (Å²) in [7, 11) is 0. The number of aryl methyl sites for hydroxylation is 2. The second-order valence-corrected chi connectivity index (χ2v) is 4.92. The van der Waals surface area contributed by atoms with Crippen molar-refractivity contribution in [2.75, 3.05) is 13.1 Å². The minimum atomic E-state index is 0.0126. The van der Waals surface area contributed by atoms with Gasteiger partial charge in [0.2, 0.25) is 0 Å². The summed E-state index contributed by atoms with van der Waals surface area (Å²) in [5, 5.41) is 18.8. The number of phenolic OH excluding ortho intramolecular Hbond substituents is 1. The highest BCUT2D eigenvalue weighted by molar-refractivity contribution is 5.40. The van der Waals surface area contributed by atoms with Gasteiger partial charge in [-0.15, -0.1) is 0 Å². The number of rotatable bonds is 5. The first-order valence-electron chi connectivity index (χ1n) is 6.39. The molecule has 0 aliphatic rings. The molecule has 3 heteroatoms. The fourth-order valence-electron chi connectivity index (χ4n) is 1.96. The highest BCUT2D eigenvalue weighted by Crippen LogP contribution is 2.23. The molecule has 0 heterocycles. The summed E-state index contributed by atoms with van der Waals surface area (Å²) in [6, 6.07) is 6.09. The van der Waals surface area contributed by atoms with Gasteiger partial charge in [0.15, 0.2) is 0 Å². The van der Waals surface area contributed by atoms with Crippen molar-refractivity contribution in [3.63, 3.8) is 0 Å². The quantitative estimate of drug-likeness (QED) is 0.868. The second kappa shape index (κ2) is 6.42. The van der Waals surface area contributed by atoms with Crippen LogP contribution in [0.4, 0.5) is 0 Å². The van der Waals surface area contributed by atoms with Crippen molar-refractivity contribution in [2.45, 2.75) is 34.2 Å². The Morgan fingerprint density at radius 3 is 2.50 bits per heavy atom. The van der Waals surface area contributed by atoms with Gasteiger partial charge in [-0.3, -0.25) is 4.90 Å². The van der Waals surface area contributed by atoms with E-state index in [1.54, 1.807) is 0 Å². The molecule has 0 amide bonds. The Kier molecular flexibility index (Phi) is 5.18. The molecule has 18 heavy (non-hydrogen) atoms.